The number of allylic oxidation sites excluding steroid dienone is 1. The van der Waals surface area contributed by atoms with E-state index in [0.29, 0.717) is 28.3 Å². The van der Waals surface area contributed by atoms with E-state index in [9.17, 15) is 10.1 Å². The number of H-pyrrole nitrogens is 1. The second-order valence-electron chi connectivity index (χ2n) is 5.89. The van der Waals surface area contributed by atoms with Crippen molar-refractivity contribution in [2.45, 2.75) is 20.8 Å². The van der Waals surface area contributed by atoms with Gasteiger partial charge in [0.1, 0.15) is 10.9 Å². The number of methoxy groups -OCH3 is 1. The molecule has 0 aliphatic carbocycles. The van der Waals surface area contributed by atoms with Crippen LogP contribution in [0.1, 0.15) is 28.8 Å². The fourth-order valence-corrected chi connectivity index (χ4v) is 3.78. The third kappa shape index (κ3) is 3.57. The summed E-state index contributed by atoms with van der Waals surface area (Å²) in [5.74, 6) is 1.46. The van der Waals surface area contributed by atoms with E-state index >= 15 is 0 Å². The number of ether oxygens (including phenoxy) is 2. The highest BCUT2D eigenvalue weighted by Crippen LogP contribution is 2.30. The Balaban J connectivity index is 2.09. The molecule has 1 N–H and O–H groups in total. The van der Waals surface area contributed by atoms with Gasteiger partial charge in [0.15, 0.2) is 17.3 Å². The lowest BCUT2D eigenvalue weighted by atomic mass is 10.1. The van der Waals surface area contributed by atoms with Crippen LogP contribution in [0.2, 0.25) is 0 Å². The van der Waals surface area contributed by atoms with Crippen molar-refractivity contribution in [1.82, 2.24) is 9.97 Å². The molecular weight excluding hydrogens is 362 g/mol. The van der Waals surface area contributed by atoms with Crippen molar-refractivity contribution in [2.75, 3.05) is 13.7 Å². The molecule has 0 saturated carbocycles. The molecule has 138 valence electrons. The highest BCUT2D eigenvalue weighted by molar-refractivity contribution is 7.18. The maximum atomic E-state index is 12.5. The smallest absolute Gasteiger partial charge is 0.260 e. The van der Waals surface area contributed by atoms with Crippen molar-refractivity contribution in [2.24, 2.45) is 0 Å². The molecule has 3 aromatic rings. The maximum Gasteiger partial charge on any atom is 0.260 e. The second-order valence-corrected chi connectivity index (χ2v) is 7.09. The van der Waals surface area contributed by atoms with Crippen molar-refractivity contribution >= 4 is 33.2 Å². The summed E-state index contributed by atoms with van der Waals surface area (Å²) in [4.78, 5) is 21.4. The van der Waals surface area contributed by atoms with Crippen LogP contribution >= 0.6 is 11.3 Å². The van der Waals surface area contributed by atoms with Crippen molar-refractivity contribution in [3.05, 3.63) is 50.4 Å². The van der Waals surface area contributed by atoms with E-state index in [1.54, 1.807) is 25.3 Å². The van der Waals surface area contributed by atoms with E-state index in [4.69, 9.17) is 9.47 Å². The van der Waals surface area contributed by atoms with E-state index in [0.717, 1.165) is 16.0 Å². The number of aromatic nitrogens is 2. The molecular formula is C20H19N3O3S. The summed E-state index contributed by atoms with van der Waals surface area (Å²) in [6.07, 6.45) is 1.66. The third-order valence-electron chi connectivity index (χ3n) is 4.21. The van der Waals surface area contributed by atoms with Crippen LogP contribution < -0.4 is 15.0 Å². The minimum Gasteiger partial charge on any atom is -0.493 e. The fourth-order valence-electron chi connectivity index (χ4n) is 2.75. The highest BCUT2D eigenvalue weighted by atomic mass is 32.1. The van der Waals surface area contributed by atoms with Gasteiger partial charge in [-0.15, -0.1) is 11.3 Å². The minimum atomic E-state index is -0.234. The monoisotopic (exact) mass is 381 g/mol. The quantitative estimate of drug-likeness (QED) is 0.673. The molecule has 0 aliphatic heterocycles. The third-order valence-corrected chi connectivity index (χ3v) is 5.31. The van der Waals surface area contributed by atoms with Crippen LogP contribution in [0.5, 0.6) is 11.5 Å². The number of fused-ring (bicyclic) bond motifs is 1. The Morgan fingerprint density at radius 2 is 2.15 bits per heavy atom. The molecule has 0 aliphatic rings. The van der Waals surface area contributed by atoms with Gasteiger partial charge in [-0.25, -0.2) is 4.98 Å². The molecule has 27 heavy (non-hydrogen) atoms. The Bertz CT molecular complexity index is 1140. The lowest BCUT2D eigenvalue weighted by Gasteiger charge is -2.09. The summed E-state index contributed by atoms with van der Waals surface area (Å²) in [5, 5.41) is 10.2. The summed E-state index contributed by atoms with van der Waals surface area (Å²) >= 11 is 1.45. The first-order valence-corrected chi connectivity index (χ1v) is 9.23. The lowest BCUT2D eigenvalue weighted by Crippen LogP contribution is -2.10. The van der Waals surface area contributed by atoms with Gasteiger partial charge in [0, 0.05) is 4.88 Å². The molecule has 0 unspecified atom stereocenters. The normalized spacial score (nSPS) is 11.4. The summed E-state index contributed by atoms with van der Waals surface area (Å²) in [6, 6.07) is 7.50. The Hall–Kier alpha value is -3.11. The lowest BCUT2D eigenvalue weighted by molar-refractivity contribution is 0.311. The van der Waals surface area contributed by atoms with Gasteiger partial charge in [-0.05, 0) is 50.1 Å². The SMILES string of the molecule is CCOc1ccc(/C=C(\C#N)c2nc3sc(C)c(C)c3c(=O)[nH]2)cc1OC. The number of nitriles is 1. The number of aromatic amines is 1. The molecule has 7 heteroatoms. The zero-order valence-corrected chi connectivity index (χ0v) is 16.4. The predicted octanol–water partition coefficient (Wildman–Crippen LogP) is 4.07. The second kappa shape index (κ2) is 7.64. The first kappa shape index (κ1) is 18.7. The molecule has 2 aromatic heterocycles. The van der Waals surface area contributed by atoms with Gasteiger partial charge in [0.05, 0.1) is 24.7 Å². The van der Waals surface area contributed by atoms with Crippen LogP contribution in [0, 0.1) is 25.2 Å². The number of hydrogen-bond acceptors (Lipinski definition) is 6. The number of benzene rings is 1. The maximum absolute atomic E-state index is 12.5. The molecule has 0 radical (unpaired) electrons. The molecule has 0 fully saturated rings. The summed E-state index contributed by atoms with van der Waals surface area (Å²) in [5.41, 5.74) is 1.70. The Kier molecular flexibility index (Phi) is 5.28. The van der Waals surface area contributed by atoms with E-state index in [1.165, 1.54) is 11.3 Å². The summed E-state index contributed by atoms with van der Waals surface area (Å²) in [6.45, 7) is 6.28. The van der Waals surface area contributed by atoms with Crippen molar-refractivity contribution < 1.29 is 9.47 Å². The van der Waals surface area contributed by atoms with E-state index in [-0.39, 0.29) is 17.0 Å². The molecule has 0 saturated heterocycles. The van der Waals surface area contributed by atoms with Crippen LogP contribution in [0.4, 0.5) is 0 Å². The largest absolute Gasteiger partial charge is 0.493 e. The highest BCUT2D eigenvalue weighted by Gasteiger charge is 2.14. The zero-order valence-electron chi connectivity index (χ0n) is 15.5. The van der Waals surface area contributed by atoms with Gasteiger partial charge in [0.2, 0.25) is 0 Å². The Morgan fingerprint density at radius 3 is 2.81 bits per heavy atom. The van der Waals surface area contributed by atoms with E-state index < -0.39 is 0 Å². The number of hydrogen-bond donors (Lipinski definition) is 1. The molecule has 6 nitrogen and oxygen atoms in total. The molecule has 0 spiro atoms. The number of rotatable bonds is 5. The number of nitrogens with one attached hydrogen (secondary N) is 1. The first-order valence-electron chi connectivity index (χ1n) is 8.41. The zero-order chi connectivity index (χ0) is 19.6. The first-order chi connectivity index (χ1) is 13.0. The van der Waals surface area contributed by atoms with Gasteiger partial charge in [0.25, 0.3) is 5.56 Å². The standard InChI is InChI=1S/C20H19N3O3S/c1-5-26-15-7-6-13(9-16(15)25-4)8-14(10-21)18-22-19(24)17-11(2)12(3)27-20(17)23-18/h6-9H,5H2,1-4H3,(H,22,23,24)/b14-8+. The molecule has 0 amide bonds. The topological polar surface area (TPSA) is 88.0 Å². The molecule has 2 heterocycles. The Morgan fingerprint density at radius 1 is 1.37 bits per heavy atom. The van der Waals surface area contributed by atoms with Crippen LogP contribution in [-0.4, -0.2) is 23.7 Å². The van der Waals surface area contributed by atoms with Crippen molar-refractivity contribution in [3.8, 4) is 17.6 Å². The van der Waals surface area contributed by atoms with Crippen LogP contribution in [0.15, 0.2) is 23.0 Å². The average molecular weight is 381 g/mol. The van der Waals surface area contributed by atoms with Gasteiger partial charge in [-0.3, -0.25) is 4.79 Å². The average Bonchev–Trinajstić information content (AvgIpc) is 2.95. The van der Waals surface area contributed by atoms with E-state index in [2.05, 4.69) is 16.0 Å². The number of aryl methyl sites for hydroxylation is 2. The molecule has 3 rings (SSSR count). The predicted molar refractivity (Wildman–Crippen MR) is 107 cm³/mol. The van der Waals surface area contributed by atoms with Crippen LogP contribution in [0.25, 0.3) is 21.9 Å². The molecule has 0 bridgehead atoms. The van der Waals surface area contributed by atoms with Crippen LogP contribution in [0.3, 0.4) is 0 Å². The fraction of sp³-hybridized carbons (Fsp3) is 0.250. The summed E-state index contributed by atoms with van der Waals surface area (Å²) in [7, 11) is 1.56. The van der Waals surface area contributed by atoms with Gasteiger partial charge in [-0.2, -0.15) is 5.26 Å². The van der Waals surface area contributed by atoms with Gasteiger partial charge >= 0.3 is 0 Å². The summed E-state index contributed by atoms with van der Waals surface area (Å²) < 4.78 is 10.9. The van der Waals surface area contributed by atoms with Gasteiger partial charge < -0.3 is 14.5 Å². The van der Waals surface area contributed by atoms with Crippen molar-refractivity contribution in [1.29, 1.82) is 5.26 Å². The van der Waals surface area contributed by atoms with Crippen LogP contribution in [-0.2, 0) is 0 Å². The number of nitrogens with zero attached hydrogens (tertiary/aromatic N) is 2. The molecule has 1 aromatic carbocycles. The minimum absolute atomic E-state index is 0.234. The van der Waals surface area contributed by atoms with E-state index in [1.807, 2.05) is 26.8 Å². The molecule has 0 atom stereocenters. The number of thiophene rings is 1. The van der Waals surface area contributed by atoms with Gasteiger partial charge in [-0.1, -0.05) is 6.07 Å². The Labute approximate surface area is 160 Å². The van der Waals surface area contributed by atoms with Crippen molar-refractivity contribution in [3.63, 3.8) is 0 Å².